The van der Waals surface area contributed by atoms with Crippen LogP contribution in [0.3, 0.4) is 0 Å². The van der Waals surface area contributed by atoms with Crippen molar-refractivity contribution < 1.29 is 5.11 Å². The van der Waals surface area contributed by atoms with Gasteiger partial charge in [0, 0.05) is 6.04 Å². The Balaban J connectivity index is 0.000000810. The fraction of sp³-hybridized carbons (Fsp3) is 1.00. The van der Waals surface area contributed by atoms with Crippen LogP contribution >= 0.6 is 12.4 Å². The lowest BCUT2D eigenvalue weighted by atomic mass is 9.94. The van der Waals surface area contributed by atoms with Crippen molar-refractivity contribution in [3.8, 4) is 0 Å². The molecule has 0 amide bonds. The highest BCUT2D eigenvalue weighted by Gasteiger charge is 2.17. The van der Waals surface area contributed by atoms with Crippen LogP contribution in [-0.4, -0.2) is 17.3 Å². The van der Waals surface area contributed by atoms with Gasteiger partial charge in [0.1, 0.15) is 0 Å². The predicted molar refractivity (Wildman–Crippen MR) is 42.8 cm³/mol. The average Bonchev–Trinajstić information content (AvgIpc) is 1.88. The molecule has 4 heteroatoms. The number of hydrogen-bond acceptors (Lipinski definition) is 3. The topological polar surface area (TPSA) is 58.3 Å². The van der Waals surface area contributed by atoms with E-state index in [0.717, 1.165) is 25.7 Å². The molecule has 0 heterocycles. The second kappa shape index (κ2) is 4.91. The molecule has 3 nitrogen and oxygen atoms in total. The van der Waals surface area contributed by atoms with E-state index in [2.05, 4.69) is 5.43 Å². The molecule has 0 saturated heterocycles. The maximum absolute atomic E-state index is 9.12. The van der Waals surface area contributed by atoms with E-state index in [-0.39, 0.29) is 18.5 Å². The minimum atomic E-state index is -0.125. The third-order valence-corrected chi connectivity index (χ3v) is 1.88. The van der Waals surface area contributed by atoms with Gasteiger partial charge in [0.05, 0.1) is 6.10 Å². The van der Waals surface area contributed by atoms with Gasteiger partial charge in [-0.1, -0.05) is 0 Å². The van der Waals surface area contributed by atoms with E-state index in [1.165, 1.54) is 0 Å². The van der Waals surface area contributed by atoms with Gasteiger partial charge < -0.3 is 5.11 Å². The number of nitrogens with two attached hydrogens (primary N) is 1. The van der Waals surface area contributed by atoms with Crippen molar-refractivity contribution in [1.82, 2.24) is 5.43 Å². The quantitative estimate of drug-likeness (QED) is 0.385. The Morgan fingerprint density at radius 2 is 2.10 bits per heavy atom. The SMILES string of the molecule is Cl.NNC1CCCC(O)C1. The molecule has 0 aromatic heterocycles. The maximum atomic E-state index is 9.12. The van der Waals surface area contributed by atoms with Gasteiger partial charge >= 0.3 is 0 Å². The first-order valence-electron chi connectivity index (χ1n) is 3.47. The van der Waals surface area contributed by atoms with E-state index >= 15 is 0 Å². The van der Waals surface area contributed by atoms with Gasteiger partial charge in [-0.2, -0.15) is 0 Å². The van der Waals surface area contributed by atoms with Crippen molar-refractivity contribution in [2.75, 3.05) is 0 Å². The number of rotatable bonds is 1. The van der Waals surface area contributed by atoms with Crippen LogP contribution in [0.15, 0.2) is 0 Å². The number of aliphatic hydroxyl groups excluding tert-OH is 1. The average molecular weight is 167 g/mol. The zero-order valence-corrected chi connectivity index (χ0v) is 6.73. The Morgan fingerprint density at radius 1 is 1.40 bits per heavy atom. The summed E-state index contributed by atoms with van der Waals surface area (Å²) in [5, 5.41) is 9.12. The van der Waals surface area contributed by atoms with Crippen molar-refractivity contribution in [1.29, 1.82) is 0 Å². The van der Waals surface area contributed by atoms with E-state index in [4.69, 9.17) is 10.9 Å². The van der Waals surface area contributed by atoms with E-state index < -0.39 is 0 Å². The Bertz CT molecular complexity index is 91.8. The molecule has 10 heavy (non-hydrogen) atoms. The monoisotopic (exact) mass is 166 g/mol. The summed E-state index contributed by atoms with van der Waals surface area (Å²) >= 11 is 0. The van der Waals surface area contributed by atoms with Gasteiger partial charge in [-0.15, -0.1) is 12.4 Å². The molecular formula is C6H15ClN2O. The standard InChI is InChI=1S/C6H14N2O.ClH/c7-8-5-2-1-3-6(9)4-5;/h5-6,8-9H,1-4,7H2;1H. The number of nitrogens with one attached hydrogen (secondary N) is 1. The molecule has 2 atom stereocenters. The maximum Gasteiger partial charge on any atom is 0.0555 e. The molecule has 1 aliphatic carbocycles. The highest BCUT2D eigenvalue weighted by molar-refractivity contribution is 5.85. The Hall–Kier alpha value is 0.170. The smallest absolute Gasteiger partial charge is 0.0555 e. The molecule has 0 aromatic rings. The van der Waals surface area contributed by atoms with Crippen LogP contribution < -0.4 is 11.3 Å². The molecule has 1 saturated carbocycles. The van der Waals surface area contributed by atoms with Crippen molar-refractivity contribution in [3.63, 3.8) is 0 Å². The normalized spacial score (nSPS) is 33.0. The van der Waals surface area contributed by atoms with Crippen molar-refractivity contribution in [2.24, 2.45) is 5.84 Å². The van der Waals surface area contributed by atoms with Gasteiger partial charge in [0.25, 0.3) is 0 Å². The molecule has 4 N–H and O–H groups in total. The first-order valence-corrected chi connectivity index (χ1v) is 3.47. The van der Waals surface area contributed by atoms with Crippen LogP contribution in [0.5, 0.6) is 0 Å². The highest BCUT2D eigenvalue weighted by atomic mass is 35.5. The van der Waals surface area contributed by atoms with E-state index in [1.54, 1.807) is 0 Å². The summed E-state index contributed by atoms with van der Waals surface area (Å²) < 4.78 is 0. The molecule has 0 aliphatic heterocycles. The minimum Gasteiger partial charge on any atom is -0.393 e. The summed E-state index contributed by atoms with van der Waals surface area (Å²) in [7, 11) is 0. The van der Waals surface area contributed by atoms with Crippen LogP contribution in [-0.2, 0) is 0 Å². The molecular weight excluding hydrogens is 152 g/mol. The van der Waals surface area contributed by atoms with E-state index in [1.807, 2.05) is 0 Å². The lowest BCUT2D eigenvalue weighted by Crippen LogP contribution is -2.40. The molecule has 0 aromatic carbocycles. The summed E-state index contributed by atoms with van der Waals surface area (Å²) in [6.45, 7) is 0. The Labute approximate surface area is 67.4 Å². The zero-order chi connectivity index (χ0) is 6.69. The van der Waals surface area contributed by atoms with Gasteiger partial charge in [0.15, 0.2) is 0 Å². The first kappa shape index (κ1) is 10.2. The highest BCUT2D eigenvalue weighted by Crippen LogP contribution is 2.17. The van der Waals surface area contributed by atoms with Crippen LogP contribution in [0.25, 0.3) is 0 Å². The lowest BCUT2D eigenvalue weighted by molar-refractivity contribution is 0.112. The third kappa shape index (κ3) is 2.84. The number of hydrazine groups is 1. The molecule has 1 rings (SSSR count). The van der Waals surface area contributed by atoms with Crippen molar-refractivity contribution in [3.05, 3.63) is 0 Å². The first-order chi connectivity index (χ1) is 4.33. The summed E-state index contributed by atoms with van der Waals surface area (Å²) in [4.78, 5) is 0. The molecule has 0 bridgehead atoms. The third-order valence-electron chi connectivity index (χ3n) is 1.88. The summed E-state index contributed by atoms with van der Waals surface area (Å²) in [5.74, 6) is 5.20. The van der Waals surface area contributed by atoms with Crippen LogP contribution in [0.2, 0.25) is 0 Å². The van der Waals surface area contributed by atoms with Crippen LogP contribution in [0.1, 0.15) is 25.7 Å². The number of aliphatic hydroxyl groups is 1. The number of halogens is 1. The summed E-state index contributed by atoms with van der Waals surface area (Å²) in [6, 6.07) is 0.341. The Morgan fingerprint density at radius 3 is 2.50 bits per heavy atom. The second-order valence-corrected chi connectivity index (χ2v) is 2.68. The minimum absolute atomic E-state index is 0. The predicted octanol–water partition coefficient (Wildman–Crippen LogP) is 0.175. The van der Waals surface area contributed by atoms with Gasteiger partial charge in [-0.3, -0.25) is 11.3 Å². The summed E-state index contributed by atoms with van der Waals surface area (Å²) in [5.41, 5.74) is 2.67. The van der Waals surface area contributed by atoms with Gasteiger partial charge in [0.2, 0.25) is 0 Å². The lowest BCUT2D eigenvalue weighted by Gasteiger charge is -2.24. The molecule has 1 fully saturated rings. The number of hydrogen-bond donors (Lipinski definition) is 3. The summed E-state index contributed by atoms with van der Waals surface area (Å²) in [6.07, 6.45) is 3.83. The largest absolute Gasteiger partial charge is 0.393 e. The molecule has 0 spiro atoms. The van der Waals surface area contributed by atoms with Gasteiger partial charge in [-0.05, 0) is 25.7 Å². The van der Waals surface area contributed by atoms with E-state index in [9.17, 15) is 0 Å². The van der Waals surface area contributed by atoms with Crippen molar-refractivity contribution in [2.45, 2.75) is 37.8 Å². The van der Waals surface area contributed by atoms with Crippen LogP contribution in [0.4, 0.5) is 0 Å². The molecule has 0 radical (unpaired) electrons. The second-order valence-electron chi connectivity index (χ2n) is 2.68. The molecule has 62 valence electrons. The fourth-order valence-corrected chi connectivity index (χ4v) is 1.32. The molecule has 2 unspecified atom stereocenters. The van der Waals surface area contributed by atoms with E-state index in [0.29, 0.717) is 6.04 Å². The molecule has 1 aliphatic rings. The fourth-order valence-electron chi connectivity index (χ4n) is 1.32. The van der Waals surface area contributed by atoms with Crippen molar-refractivity contribution >= 4 is 12.4 Å². The zero-order valence-electron chi connectivity index (χ0n) is 5.92. The van der Waals surface area contributed by atoms with Crippen LogP contribution in [0, 0.1) is 0 Å². The van der Waals surface area contributed by atoms with Gasteiger partial charge in [-0.25, -0.2) is 0 Å². The Kier molecular flexibility index (Phi) is 4.99.